The number of ether oxygens (including phenoxy) is 1. The van der Waals surface area contributed by atoms with Crippen LogP contribution in [0, 0.1) is 5.92 Å². The van der Waals surface area contributed by atoms with Crippen LogP contribution < -0.4 is 10.2 Å². The molecule has 4 heterocycles. The maximum Gasteiger partial charge on any atom is 0.410 e. The van der Waals surface area contributed by atoms with Crippen molar-refractivity contribution >= 4 is 34.5 Å². The van der Waals surface area contributed by atoms with Gasteiger partial charge in [0.15, 0.2) is 0 Å². The molecule has 10 nitrogen and oxygen atoms in total. The summed E-state index contributed by atoms with van der Waals surface area (Å²) in [5.74, 6) is -0.266. The Morgan fingerprint density at radius 3 is 2.42 bits per heavy atom. The molecule has 0 aliphatic carbocycles. The molecule has 5 rings (SSSR count). The second-order valence-electron chi connectivity index (χ2n) is 11.9. The van der Waals surface area contributed by atoms with Crippen LogP contribution in [0.5, 0.6) is 0 Å². The Kier molecular flexibility index (Phi) is 7.35. The van der Waals surface area contributed by atoms with Crippen molar-refractivity contribution in [3.63, 3.8) is 0 Å². The highest BCUT2D eigenvalue weighted by Gasteiger charge is 2.33. The van der Waals surface area contributed by atoms with Gasteiger partial charge in [-0.15, -0.1) is 0 Å². The minimum absolute atomic E-state index is 0.199. The fraction of sp³-hybridized carbons (Fsp3) is 0.643. The highest BCUT2D eigenvalue weighted by Crippen LogP contribution is 2.35. The first-order chi connectivity index (χ1) is 18.1. The zero-order chi connectivity index (χ0) is 27.0. The van der Waals surface area contributed by atoms with E-state index < -0.39 is 11.5 Å². The summed E-state index contributed by atoms with van der Waals surface area (Å²) < 4.78 is 7.42. The summed E-state index contributed by atoms with van der Waals surface area (Å²) >= 11 is 0. The van der Waals surface area contributed by atoms with Crippen molar-refractivity contribution in [3.05, 3.63) is 23.9 Å². The maximum atomic E-state index is 12.5. The molecule has 1 aromatic carbocycles. The van der Waals surface area contributed by atoms with Crippen molar-refractivity contribution < 1.29 is 19.1 Å². The van der Waals surface area contributed by atoms with Crippen molar-refractivity contribution in [1.29, 1.82) is 0 Å². The summed E-state index contributed by atoms with van der Waals surface area (Å²) in [6, 6.07) is 6.21. The van der Waals surface area contributed by atoms with Gasteiger partial charge >= 0.3 is 6.09 Å². The van der Waals surface area contributed by atoms with Gasteiger partial charge in [-0.3, -0.25) is 24.5 Å². The number of piperidine rings is 2. The molecule has 3 amide bonds. The number of likely N-dealkylation sites (tertiary alicyclic amines) is 1. The normalized spacial score (nSPS) is 22.2. The molecule has 0 saturated carbocycles. The van der Waals surface area contributed by atoms with Crippen LogP contribution >= 0.6 is 0 Å². The molecule has 0 bridgehead atoms. The predicted octanol–water partition coefficient (Wildman–Crippen LogP) is 2.86. The molecule has 0 spiro atoms. The molecule has 1 unspecified atom stereocenters. The number of hydrogen-bond donors (Lipinski definition) is 1. The van der Waals surface area contributed by atoms with Crippen LogP contribution in [-0.4, -0.2) is 88.9 Å². The average Bonchev–Trinajstić information content (AvgIpc) is 3.20. The van der Waals surface area contributed by atoms with Crippen molar-refractivity contribution in [2.24, 2.45) is 13.0 Å². The number of hydrogen-bond acceptors (Lipinski definition) is 7. The highest BCUT2D eigenvalue weighted by atomic mass is 16.6. The number of carbonyl (C=O) groups excluding carboxylic acids is 3. The fourth-order valence-electron chi connectivity index (χ4n) is 5.97. The number of anilines is 1. The van der Waals surface area contributed by atoms with E-state index in [1.807, 2.05) is 49.5 Å². The van der Waals surface area contributed by atoms with E-state index in [0.717, 1.165) is 80.9 Å². The van der Waals surface area contributed by atoms with Crippen LogP contribution in [0.4, 0.5) is 10.5 Å². The SMILES string of the molecule is Cn1nc(C2CCC(=O)NC2=O)c2cccc(N3CCN(CC4CCN(C(=O)OC(C)(C)C)CC4)CC3)c21. The van der Waals surface area contributed by atoms with E-state index in [1.54, 1.807) is 0 Å². The zero-order valence-corrected chi connectivity index (χ0v) is 23.0. The van der Waals surface area contributed by atoms with Gasteiger partial charge in [0.1, 0.15) is 5.60 Å². The number of para-hydroxylation sites is 1. The van der Waals surface area contributed by atoms with Crippen LogP contribution in [0.3, 0.4) is 0 Å². The smallest absolute Gasteiger partial charge is 0.410 e. The topological polar surface area (TPSA) is 100 Å². The van der Waals surface area contributed by atoms with Crippen molar-refractivity contribution in [1.82, 2.24) is 24.9 Å². The number of imide groups is 1. The first-order valence-corrected chi connectivity index (χ1v) is 13.8. The number of benzene rings is 1. The van der Waals surface area contributed by atoms with E-state index in [9.17, 15) is 14.4 Å². The molecule has 3 fully saturated rings. The standard InChI is InChI=1S/C28H40N6O4/c1-28(2,3)38-27(37)34-12-10-19(11-13-34)18-32-14-16-33(17-15-32)22-7-5-6-20-24(30-31(4)25(20)22)21-8-9-23(35)29-26(21)36/h5-7,19,21H,8-18H2,1-4H3,(H,29,35,36). The summed E-state index contributed by atoms with van der Waals surface area (Å²) in [6.45, 7) is 12.1. The molecular weight excluding hydrogens is 484 g/mol. The van der Waals surface area contributed by atoms with Gasteiger partial charge in [0.05, 0.1) is 22.8 Å². The second kappa shape index (κ2) is 10.6. The van der Waals surface area contributed by atoms with Crippen LogP contribution in [0.25, 0.3) is 10.9 Å². The Morgan fingerprint density at radius 2 is 1.76 bits per heavy atom. The number of rotatable bonds is 4. The third kappa shape index (κ3) is 5.65. The minimum atomic E-state index is -0.458. The molecular formula is C28H40N6O4. The predicted molar refractivity (Wildman–Crippen MR) is 145 cm³/mol. The van der Waals surface area contributed by atoms with Crippen LogP contribution in [-0.2, 0) is 21.4 Å². The summed E-state index contributed by atoms with van der Waals surface area (Å²) in [6.07, 6.45) is 2.66. The molecule has 3 saturated heterocycles. The summed E-state index contributed by atoms with van der Waals surface area (Å²) in [5.41, 5.74) is 2.47. The number of carbonyl (C=O) groups is 3. The molecule has 0 radical (unpaired) electrons. The van der Waals surface area contributed by atoms with Gasteiger partial charge in [0.2, 0.25) is 11.8 Å². The van der Waals surface area contributed by atoms with Crippen LogP contribution in [0.1, 0.15) is 58.1 Å². The first-order valence-electron chi connectivity index (χ1n) is 13.8. The van der Waals surface area contributed by atoms with Gasteiger partial charge in [-0.25, -0.2) is 4.79 Å². The molecule has 1 aromatic heterocycles. The zero-order valence-electron chi connectivity index (χ0n) is 23.0. The third-order valence-corrected chi connectivity index (χ3v) is 7.94. The van der Waals surface area contributed by atoms with E-state index >= 15 is 0 Å². The highest BCUT2D eigenvalue weighted by molar-refractivity contribution is 6.03. The quantitative estimate of drug-likeness (QED) is 0.614. The average molecular weight is 525 g/mol. The summed E-state index contributed by atoms with van der Waals surface area (Å²) in [7, 11) is 1.93. The molecule has 38 heavy (non-hydrogen) atoms. The number of aryl methyl sites for hydroxylation is 1. The number of aromatic nitrogens is 2. The summed E-state index contributed by atoms with van der Waals surface area (Å²) in [4.78, 5) is 43.3. The Balaban J connectivity index is 1.18. The molecule has 2 aromatic rings. The van der Waals surface area contributed by atoms with Gasteiger partial charge in [0, 0.05) is 64.7 Å². The molecule has 10 heteroatoms. The van der Waals surface area contributed by atoms with Crippen LogP contribution in [0.2, 0.25) is 0 Å². The number of nitrogens with zero attached hydrogens (tertiary/aromatic N) is 5. The lowest BCUT2D eigenvalue weighted by atomic mass is 9.92. The van der Waals surface area contributed by atoms with E-state index in [-0.39, 0.29) is 17.9 Å². The van der Waals surface area contributed by atoms with Crippen molar-refractivity contribution in [2.45, 2.75) is 58.0 Å². The van der Waals surface area contributed by atoms with Crippen molar-refractivity contribution in [3.8, 4) is 0 Å². The lowest BCUT2D eigenvalue weighted by molar-refractivity contribution is -0.134. The number of fused-ring (bicyclic) bond motifs is 1. The van der Waals surface area contributed by atoms with E-state index in [0.29, 0.717) is 18.8 Å². The maximum absolute atomic E-state index is 12.5. The van der Waals surface area contributed by atoms with Gasteiger partial charge in [-0.2, -0.15) is 5.10 Å². The number of piperazine rings is 1. The molecule has 3 aliphatic rings. The lowest BCUT2D eigenvalue weighted by Gasteiger charge is -2.40. The Morgan fingerprint density at radius 1 is 1.05 bits per heavy atom. The summed E-state index contributed by atoms with van der Waals surface area (Å²) in [5, 5.41) is 8.20. The Bertz CT molecular complexity index is 1200. The third-order valence-electron chi connectivity index (χ3n) is 7.94. The van der Waals surface area contributed by atoms with Crippen molar-refractivity contribution in [2.75, 3.05) is 50.7 Å². The fourth-order valence-corrected chi connectivity index (χ4v) is 5.97. The van der Waals surface area contributed by atoms with Gasteiger partial charge in [-0.05, 0) is 52.0 Å². The van der Waals surface area contributed by atoms with Gasteiger partial charge in [0.25, 0.3) is 0 Å². The molecule has 1 N–H and O–H groups in total. The van der Waals surface area contributed by atoms with Gasteiger partial charge < -0.3 is 14.5 Å². The number of nitrogens with one attached hydrogen (secondary N) is 1. The van der Waals surface area contributed by atoms with E-state index in [4.69, 9.17) is 9.84 Å². The van der Waals surface area contributed by atoms with Crippen LogP contribution in [0.15, 0.2) is 18.2 Å². The number of amides is 3. The monoisotopic (exact) mass is 524 g/mol. The Hall–Kier alpha value is -3.14. The largest absolute Gasteiger partial charge is 0.444 e. The lowest BCUT2D eigenvalue weighted by Crippen LogP contribution is -2.49. The molecule has 3 aliphatic heterocycles. The second-order valence-corrected chi connectivity index (χ2v) is 11.9. The molecule has 1 atom stereocenters. The Labute approximate surface area is 224 Å². The molecule has 206 valence electrons. The van der Waals surface area contributed by atoms with Gasteiger partial charge in [-0.1, -0.05) is 12.1 Å². The first kappa shape index (κ1) is 26.5. The van der Waals surface area contributed by atoms with E-state index in [2.05, 4.69) is 21.2 Å². The van der Waals surface area contributed by atoms with E-state index in [1.165, 1.54) is 0 Å². The minimum Gasteiger partial charge on any atom is -0.444 e.